The lowest BCUT2D eigenvalue weighted by Crippen LogP contribution is -2.14. The van der Waals surface area contributed by atoms with Gasteiger partial charge in [0.05, 0.1) is 28.9 Å². The van der Waals surface area contributed by atoms with Crippen LogP contribution in [-0.4, -0.2) is 28.8 Å². The number of Topliss-reactive ketones (excluding diaryl/α,β-unsaturated/α-hetero) is 1. The second-order valence-corrected chi connectivity index (χ2v) is 5.23. The molecule has 0 fully saturated rings. The van der Waals surface area contributed by atoms with E-state index in [9.17, 15) is 19.7 Å². The van der Waals surface area contributed by atoms with E-state index >= 15 is 0 Å². The topological polar surface area (TPSA) is 99.4 Å². The first kappa shape index (κ1) is 17.3. The number of aromatic nitrogens is 1. The molecule has 1 aromatic heterocycles. The number of nitrogens with zero attached hydrogens (tertiary/aromatic N) is 2. The molecule has 1 heterocycles. The van der Waals surface area contributed by atoms with Crippen molar-refractivity contribution in [2.45, 2.75) is 20.8 Å². The zero-order chi connectivity index (χ0) is 18.0. The molecule has 0 aliphatic rings. The van der Waals surface area contributed by atoms with Crippen molar-refractivity contribution in [3.63, 3.8) is 0 Å². The van der Waals surface area contributed by atoms with Crippen LogP contribution in [0.4, 0.5) is 5.69 Å². The lowest BCUT2D eigenvalue weighted by molar-refractivity contribution is -0.384. The van der Waals surface area contributed by atoms with Crippen LogP contribution in [0.1, 0.15) is 39.0 Å². The number of para-hydroxylation sites is 1. The van der Waals surface area contributed by atoms with Gasteiger partial charge in [0.2, 0.25) is 0 Å². The van der Waals surface area contributed by atoms with Crippen molar-refractivity contribution in [1.29, 1.82) is 0 Å². The van der Waals surface area contributed by atoms with Crippen molar-refractivity contribution in [2.75, 3.05) is 7.11 Å². The predicted octanol–water partition coefficient (Wildman–Crippen LogP) is 3.26. The molecule has 0 atom stereocenters. The summed E-state index contributed by atoms with van der Waals surface area (Å²) in [7, 11) is 1.21. The highest BCUT2D eigenvalue weighted by Gasteiger charge is 2.28. The number of nitro benzene ring substituents is 1. The Labute approximate surface area is 138 Å². The van der Waals surface area contributed by atoms with Crippen LogP contribution in [-0.2, 0) is 4.74 Å². The Morgan fingerprint density at radius 1 is 1.12 bits per heavy atom. The Bertz CT molecular complexity index is 858. The maximum absolute atomic E-state index is 12.3. The van der Waals surface area contributed by atoms with E-state index in [1.165, 1.54) is 32.2 Å². The highest BCUT2D eigenvalue weighted by Crippen LogP contribution is 2.37. The molecule has 0 unspecified atom stereocenters. The third kappa shape index (κ3) is 2.88. The van der Waals surface area contributed by atoms with Gasteiger partial charge in [0.1, 0.15) is 0 Å². The number of carbonyl (C=O) groups excluding carboxylic acids is 2. The Balaban J connectivity index is 3.03. The smallest absolute Gasteiger partial charge is 0.340 e. The highest BCUT2D eigenvalue weighted by molar-refractivity contribution is 6.09. The molecule has 0 saturated heterocycles. The first-order valence-corrected chi connectivity index (χ1v) is 7.13. The number of rotatable bonds is 4. The number of methoxy groups -OCH3 is 1. The molecule has 24 heavy (non-hydrogen) atoms. The second-order valence-electron chi connectivity index (χ2n) is 5.23. The van der Waals surface area contributed by atoms with Crippen molar-refractivity contribution in [3.05, 3.63) is 56.9 Å². The number of ketones is 1. The fourth-order valence-electron chi connectivity index (χ4n) is 2.75. The van der Waals surface area contributed by atoms with E-state index in [2.05, 4.69) is 4.98 Å². The van der Waals surface area contributed by atoms with Crippen LogP contribution in [0, 0.1) is 24.0 Å². The molecule has 7 heteroatoms. The number of benzene rings is 1. The largest absolute Gasteiger partial charge is 0.465 e. The van der Waals surface area contributed by atoms with Gasteiger partial charge in [-0.05, 0) is 26.8 Å². The van der Waals surface area contributed by atoms with E-state index in [1.807, 2.05) is 0 Å². The van der Waals surface area contributed by atoms with Gasteiger partial charge in [0.25, 0.3) is 5.69 Å². The maximum Gasteiger partial charge on any atom is 0.340 e. The third-order valence-corrected chi connectivity index (χ3v) is 3.67. The van der Waals surface area contributed by atoms with Crippen LogP contribution < -0.4 is 0 Å². The predicted molar refractivity (Wildman–Crippen MR) is 87.1 cm³/mol. The summed E-state index contributed by atoms with van der Waals surface area (Å²) in [5.41, 5.74) is 1.15. The average Bonchev–Trinajstić information content (AvgIpc) is 2.52. The molecular formula is C17H16N2O5. The number of hydrogen-bond donors (Lipinski definition) is 0. The van der Waals surface area contributed by atoms with E-state index in [1.54, 1.807) is 19.9 Å². The van der Waals surface area contributed by atoms with Gasteiger partial charge in [-0.25, -0.2) is 4.79 Å². The van der Waals surface area contributed by atoms with Crippen LogP contribution in [0.2, 0.25) is 0 Å². The molecule has 1 aromatic carbocycles. The van der Waals surface area contributed by atoms with Gasteiger partial charge in [-0.1, -0.05) is 12.1 Å². The van der Waals surface area contributed by atoms with Gasteiger partial charge in [0.15, 0.2) is 5.78 Å². The number of hydrogen-bond acceptors (Lipinski definition) is 6. The SMILES string of the molecule is COC(=O)c1c(C)nc(C)c(C(C)=O)c1-c1ccccc1[N+](=O)[O-]. The van der Waals surface area contributed by atoms with Gasteiger partial charge >= 0.3 is 5.97 Å². The normalized spacial score (nSPS) is 10.3. The molecule has 0 saturated carbocycles. The maximum atomic E-state index is 12.3. The molecular weight excluding hydrogens is 312 g/mol. The van der Waals surface area contributed by atoms with E-state index in [0.29, 0.717) is 11.4 Å². The van der Waals surface area contributed by atoms with Crippen molar-refractivity contribution in [2.24, 2.45) is 0 Å². The summed E-state index contributed by atoms with van der Waals surface area (Å²) >= 11 is 0. The number of carbonyl (C=O) groups is 2. The van der Waals surface area contributed by atoms with Crippen molar-refractivity contribution < 1.29 is 19.2 Å². The van der Waals surface area contributed by atoms with Crippen LogP contribution in [0.5, 0.6) is 0 Å². The summed E-state index contributed by atoms with van der Waals surface area (Å²) in [5, 5.41) is 11.4. The van der Waals surface area contributed by atoms with Crippen LogP contribution in [0.3, 0.4) is 0 Å². The quantitative estimate of drug-likeness (QED) is 0.369. The van der Waals surface area contributed by atoms with Crippen molar-refractivity contribution >= 4 is 17.4 Å². The zero-order valence-corrected chi connectivity index (χ0v) is 13.7. The summed E-state index contributed by atoms with van der Waals surface area (Å²) in [4.78, 5) is 39.5. The molecule has 2 aromatic rings. The van der Waals surface area contributed by atoms with E-state index in [-0.39, 0.29) is 33.7 Å². The molecule has 0 N–H and O–H groups in total. The first-order valence-electron chi connectivity index (χ1n) is 7.13. The molecule has 0 radical (unpaired) electrons. The third-order valence-electron chi connectivity index (χ3n) is 3.67. The van der Waals surface area contributed by atoms with Crippen LogP contribution in [0.25, 0.3) is 11.1 Å². The van der Waals surface area contributed by atoms with E-state index in [0.717, 1.165) is 0 Å². The summed E-state index contributed by atoms with van der Waals surface area (Å²) in [6.45, 7) is 4.56. The zero-order valence-electron chi connectivity index (χ0n) is 13.7. The van der Waals surface area contributed by atoms with Gasteiger partial charge < -0.3 is 4.74 Å². The van der Waals surface area contributed by atoms with Gasteiger partial charge in [-0.2, -0.15) is 0 Å². The van der Waals surface area contributed by atoms with Crippen molar-refractivity contribution in [3.8, 4) is 11.1 Å². The summed E-state index contributed by atoms with van der Waals surface area (Å²) in [5.74, 6) is -1.03. The number of aryl methyl sites for hydroxylation is 2. The molecule has 0 amide bonds. The molecule has 124 valence electrons. The Kier molecular flexibility index (Phi) is 4.73. The van der Waals surface area contributed by atoms with E-state index in [4.69, 9.17) is 4.74 Å². The van der Waals surface area contributed by atoms with E-state index < -0.39 is 10.9 Å². The Hall–Kier alpha value is -3.09. The fraction of sp³-hybridized carbons (Fsp3) is 0.235. The van der Waals surface area contributed by atoms with Crippen LogP contribution in [0.15, 0.2) is 24.3 Å². The summed E-state index contributed by atoms with van der Waals surface area (Å²) < 4.78 is 4.79. The molecule has 0 aliphatic carbocycles. The van der Waals surface area contributed by atoms with Gasteiger partial charge in [-0.3, -0.25) is 19.9 Å². The van der Waals surface area contributed by atoms with Crippen molar-refractivity contribution in [1.82, 2.24) is 4.98 Å². The number of esters is 1. The Morgan fingerprint density at radius 3 is 2.25 bits per heavy atom. The molecule has 0 bridgehead atoms. The number of ether oxygens (including phenoxy) is 1. The minimum absolute atomic E-state index is 0.0580. The second kappa shape index (κ2) is 6.57. The monoisotopic (exact) mass is 328 g/mol. The lowest BCUT2D eigenvalue weighted by atomic mass is 9.90. The number of pyridine rings is 1. The minimum Gasteiger partial charge on any atom is -0.465 e. The standard InChI is InChI=1S/C17H16N2O5/c1-9-14(11(3)20)16(15(10(2)18-9)17(21)24-4)12-7-5-6-8-13(12)19(22)23/h5-8H,1-4H3. The lowest BCUT2D eigenvalue weighted by Gasteiger charge is -2.16. The summed E-state index contributed by atoms with van der Waals surface area (Å²) in [6.07, 6.45) is 0. The Morgan fingerprint density at radius 2 is 1.71 bits per heavy atom. The fourth-order valence-corrected chi connectivity index (χ4v) is 2.75. The molecule has 2 rings (SSSR count). The first-order chi connectivity index (χ1) is 11.3. The average molecular weight is 328 g/mol. The van der Waals surface area contributed by atoms with Gasteiger partial charge in [0, 0.05) is 22.9 Å². The number of nitro groups is 1. The molecule has 0 spiro atoms. The summed E-state index contributed by atoms with van der Waals surface area (Å²) in [6, 6.07) is 5.96. The molecule has 7 nitrogen and oxygen atoms in total. The van der Waals surface area contributed by atoms with Crippen LogP contribution >= 0.6 is 0 Å². The van der Waals surface area contributed by atoms with Gasteiger partial charge in [-0.15, -0.1) is 0 Å². The highest BCUT2D eigenvalue weighted by atomic mass is 16.6. The minimum atomic E-state index is -0.698. The molecule has 0 aliphatic heterocycles.